The monoisotopic (exact) mass is 492 g/mol. The highest BCUT2D eigenvalue weighted by atomic mass is 35.5. The molecular weight excluding hydrogens is 467 g/mol. The first-order valence-electron chi connectivity index (χ1n) is 10.3. The Bertz CT molecular complexity index is 1080. The summed E-state index contributed by atoms with van der Waals surface area (Å²) in [6, 6.07) is 9.59. The minimum atomic E-state index is -0.791. The third kappa shape index (κ3) is 4.95. The number of hydrogen-bond acceptors (Lipinski definition) is 6. The Hall–Kier alpha value is -2.74. The molecule has 176 valence electrons. The van der Waals surface area contributed by atoms with Gasteiger partial charge in [-0.05, 0) is 36.2 Å². The molecule has 1 aliphatic rings. The lowest BCUT2D eigenvalue weighted by atomic mass is 9.94. The quantitative estimate of drug-likeness (QED) is 0.252. The highest BCUT2D eigenvalue weighted by molar-refractivity contribution is 6.46. The fourth-order valence-electron chi connectivity index (χ4n) is 3.88. The van der Waals surface area contributed by atoms with Gasteiger partial charge in [-0.1, -0.05) is 35.3 Å². The number of anilines is 1. The van der Waals surface area contributed by atoms with Crippen molar-refractivity contribution in [3.05, 3.63) is 63.1 Å². The standard InChI is InChI=1S/C24H26Cl2N2O5/c1-27(2)16-8-6-14(7-9-16)20-19(22(30)24(31)28(20)10-5-11-32-3)21(29)17-12-15(25)13-18(26)23(17)33-4/h6-9,12-13,20,29H,5,10-11H2,1-4H3/b21-19+. The van der Waals surface area contributed by atoms with E-state index in [1.54, 1.807) is 7.11 Å². The molecule has 33 heavy (non-hydrogen) atoms. The molecule has 1 saturated heterocycles. The maximum atomic E-state index is 13.1. The second kappa shape index (κ2) is 10.5. The molecule has 2 aromatic rings. The van der Waals surface area contributed by atoms with Crippen LogP contribution in [0.1, 0.15) is 23.6 Å². The van der Waals surface area contributed by atoms with Crippen LogP contribution in [0.2, 0.25) is 10.0 Å². The number of nitrogens with zero attached hydrogens (tertiary/aromatic N) is 2. The molecule has 0 radical (unpaired) electrons. The van der Waals surface area contributed by atoms with E-state index in [-0.39, 0.29) is 33.5 Å². The van der Waals surface area contributed by atoms with Gasteiger partial charge >= 0.3 is 0 Å². The number of aliphatic hydroxyl groups is 1. The summed E-state index contributed by atoms with van der Waals surface area (Å²) in [5, 5.41) is 11.7. The van der Waals surface area contributed by atoms with E-state index in [9.17, 15) is 14.7 Å². The number of rotatable bonds is 8. The molecule has 2 aromatic carbocycles. The van der Waals surface area contributed by atoms with E-state index in [1.165, 1.54) is 24.1 Å². The number of ketones is 1. The summed E-state index contributed by atoms with van der Waals surface area (Å²) in [5.41, 5.74) is 1.73. The number of methoxy groups -OCH3 is 2. The Morgan fingerprint density at radius 3 is 2.36 bits per heavy atom. The van der Waals surface area contributed by atoms with Crippen LogP contribution in [0.4, 0.5) is 5.69 Å². The zero-order valence-corrected chi connectivity index (χ0v) is 20.4. The summed E-state index contributed by atoms with van der Waals surface area (Å²) in [4.78, 5) is 29.5. The number of carbonyl (C=O) groups is 2. The molecule has 9 heteroatoms. The molecule has 7 nitrogen and oxygen atoms in total. The van der Waals surface area contributed by atoms with Crippen molar-refractivity contribution in [2.75, 3.05) is 46.4 Å². The number of hydrogen-bond donors (Lipinski definition) is 1. The average Bonchev–Trinajstić information content (AvgIpc) is 3.03. The Kier molecular flexibility index (Phi) is 7.89. The number of likely N-dealkylation sites (tertiary alicyclic amines) is 1. The highest BCUT2D eigenvalue weighted by Gasteiger charge is 2.46. The molecule has 1 heterocycles. The Morgan fingerprint density at radius 1 is 1.12 bits per heavy atom. The van der Waals surface area contributed by atoms with E-state index in [0.717, 1.165) is 5.69 Å². The maximum Gasteiger partial charge on any atom is 0.295 e. The predicted octanol–water partition coefficient (Wildman–Crippen LogP) is 4.53. The summed E-state index contributed by atoms with van der Waals surface area (Å²) in [6.07, 6.45) is 0.530. The van der Waals surface area contributed by atoms with Crippen LogP contribution in [0.25, 0.3) is 5.76 Å². The Morgan fingerprint density at radius 2 is 1.79 bits per heavy atom. The van der Waals surface area contributed by atoms with Gasteiger partial charge in [-0.25, -0.2) is 0 Å². The van der Waals surface area contributed by atoms with Gasteiger partial charge in [-0.15, -0.1) is 0 Å². The first-order valence-corrected chi connectivity index (χ1v) is 11.0. The van der Waals surface area contributed by atoms with Gasteiger partial charge in [0, 0.05) is 45.1 Å². The lowest BCUT2D eigenvalue weighted by Gasteiger charge is -2.26. The zero-order valence-electron chi connectivity index (χ0n) is 18.9. The molecule has 1 aliphatic heterocycles. The number of benzene rings is 2. The second-order valence-corrected chi connectivity index (χ2v) is 8.64. The topological polar surface area (TPSA) is 79.3 Å². The summed E-state index contributed by atoms with van der Waals surface area (Å²) >= 11 is 12.4. The Labute approximate surface area is 203 Å². The number of Topliss-reactive ketones (excluding diaryl/α,β-unsaturated/α-hetero) is 1. The number of carbonyl (C=O) groups excluding carboxylic acids is 2. The summed E-state index contributed by atoms with van der Waals surface area (Å²) < 4.78 is 10.5. The van der Waals surface area contributed by atoms with E-state index in [1.807, 2.05) is 43.3 Å². The summed E-state index contributed by atoms with van der Waals surface area (Å²) in [5.74, 6) is -1.72. The molecule has 1 fully saturated rings. The lowest BCUT2D eigenvalue weighted by Crippen LogP contribution is -2.31. The van der Waals surface area contributed by atoms with Gasteiger partial charge in [0.2, 0.25) is 0 Å². The van der Waals surface area contributed by atoms with Crippen molar-refractivity contribution in [1.82, 2.24) is 4.90 Å². The minimum absolute atomic E-state index is 0.0494. The first-order chi connectivity index (χ1) is 15.7. The molecule has 1 N–H and O–H groups in total. The third-order valence-corrected chi connectivity index (χ3v) is 5.98. The number of aliphatic hydroxyl groups excluding tert-OH is 1. The zero-order chi connectivity index (χ0) is 24.3. The SMILES string of the molecule is COCCCN1C(=O)C(=O)/C(=C(/O)c2cc(Cl)cc(Cl)c2OC)C1c1ccc(N(C)C)cc1. The third-order valence-electron chi connectivity index (χ3n) is 5.48. The first kappa shape index (κ1) is 24.9. The lowest BCUT2D eigenvalue weighted by molar-refractivity contribution is -0.140. The van der Waals surface area contributed by atoms with Crippen LogP contribution in [0.15, 0.2) is 42.0 Å². The van der Waals surface area contributed by atoms with E-state index in [0.29, 0.717) is 18.6 Å². The fourth-order valence-corrected chi connectivity index (χ4v) is 4.45. The molecule has 1 atom stereocenters. The molecule has 0 bridgehead atoms. The van der Waals surface area contributed by atoms with Gasteiger partial charge in [0.25, 0.3) is 11.7 Å². The number of ether oxygens (including phenoxy) is 2. The van der Waals surface area contributed by atoms with Gasteiger partial charge in [0.05, 0.1) is 29.3 Å². The maximum absolute atomic E-state index is 13.1. The molecule has 1 amide bonds. The van der Waals surface area contributed by atoms with Crippen LogP contribution in [-0.4, -0.2) is 63.2 Å². The summed E-state index contributed by atoms with van der Waals surface area (Å²) in [6.45, 7) is 0.704. The molecule has 0 aliphatic carbocycles. The van der Waals surface area contributed by atoms with Crippen molar-refractivity contribution in [1.29, 1.82) is 0 Å². The molecule has 1 unspecified atom stereocenters. The molecular formula is C24H26Cl2N2O5. The normalized spacial score (nSPS) is 17.5. The van der Waals surface area contributed by atoms with Crippen LogP contribution >= 0.6 is 23.2 Å². The molecule has 0 aromatic heterocycles. The fraction of sp³-hybridized carbons (Fsp3) is 0.333. The van der Waals surface area contributed by atoms with Gasteiger partial charge in [0.1, 0.15) is 11.5 Å². The Balaban J connectivity index is 2.20. The van der Waals surface area contributed by atoms with Crippen LogP contribution < -0.4 is 9.64 Å². The predicted molar refractivity (Wildman–Crippen MR) is 129 cm³/mol. The van der Waals surface area contributed by atoms with Crippen molar-refractivity contribution in [2.24, 2.45) is 0 Å². The smallest absolute Gasteiger partial charge is 0.295 e. The number of amides is 1. The second-order valence-electron chi connectivity index (χ2n) is 7.79. The van der Waals surface area contributed by atoms with Crippen LogP contribution in [-0.2, 0) is 14.3 Å². The summed E-state index contributed by atoms with van der Waals surface area (Å²) in [7, 11) is 6.80. The van der Waals surface area contributed by atoms with Gasteiger partial charge < -0.3 is 24.4 Å². The van der Waals surface area contributed by atoms with Gasteiger partial charge in [-0.3, -0.25) is 9.59 Å². The van der Waals surface area contributed by atoms with Crippen molar-refractivity contribution < 1.29 is 24.2 Å². The minimum Gasteiger partial charge on any atom is -0.507 e. The van der Waals surface area contributed by atoms with E-state index in [4.69, 9.17) is 32.7 Å². The molecule has 0 saturated carbocycles. The van der Waals surface area contributed by atoms with Crippen molar-refractivity contribution in [3.8, 4) is 5.75 Å². The van der Waals surface area contributed by atoms with Crippen LogP contribution in [0.3, 0.4) is 0 Å². The van der Waals surface area contributed by atoms with Gasteiger partial charge in [-0.2, -0.15) is 0 Å². The number of halogens is 2. The van der Waals surface area contributed by atoms with Crippen molar-refractivity contribution in [2.45, 2.75) is 12.5 Å². The van der Waals surface area contributed by atoms with Crippen LogP contribution in [0.5, 0.6) is 5.75 Å². The largest absolute Gasteiger partial charge is 0.507 e. The van der Waals surface area contributed by atoms with E-state index < -0.39 is 23.5 Å². The van der Waals surface area contributed by atoms with E-state index >= 15 is 0 Å². The van der Waals surface area contributed by atoms with Crippen LogP contribution in [0, 0.1) is 0 Å². The highest BCUT2D eigenvalue weighted by Crippen LogP contribution is 2.43. The molecule has 0 spiro atoms. The van der Waals surface area contributed by atoms with Crippen molar-refractivity contribution >= 4 is 46.3 Å². The van der Waals surface area contributed by atoms with Gasteiger partial charge in [0.15, 0.2) is 0 Å². The van der Waals surface area contributed by atoms with E-state index in [2.05, 4.69) is 0 Å². The van der Waals surface area contributed by atoms with Crippen molar-refractivity contribution in [3.63, 3.8) is 0 Å². The average molecular weight is 493 g/mol. The molecule has 3 rings (SSSR count).